The highest BCUT2D eigenvalue weighted by molar-refractivity contribution is 5.59. The number of rotatable bonds is 0. The first kappa shape index (κ1) is 44.6. The molecular formula is C54H64N16+4. The molecule has 0 unspecified atom stereocenters. The van der Waals surface area contributed by atoms with Gasteiger partial charge in [0.1, 0.15) is 28.2 Å². The van der Waals surface area contributed by atoms with Crippen molar-refractivity contribution in [2.75, 3.05) is 0 Å². The van der Waals surface area contributed by atoms with E-state index in [1.54, 1.807) is 0 Å². The molecule has 10 aromatic rings. The molecule has 0 saturated heterocycles. The molecular weight excluding hydrogens is 873 g/mol. The maximum atomic E-state index is 5.02. The molecule has 0 saturated carbocycles. The molecule has 0 aliphatic carbocycles. The summed E-state index contributed by atoms with van der Waals surface area (Å²) >= 11 is 0. The van der Waals surface area contributed by atoms with E-state index in [4.69, 9.17) is 20.9 Å². The number of hydrogen-bond acceptors (Lipinski definition) is 4. The van der Waals surface area contributed by atoms with Crippen LogP contribution in [0.3, 0.4) is 0 Å². The third kappa shape index (κ3) is 7.43. The molecule has 0 spiro atoms. The number of fused-ring (bicyclic) bond motifs is 28. The Bertz CT molecular complexity index is 3190. The van der Waals surface area contributed by atoms with Gasteiger partial charge >= 0.3 is 0 Å². The number of nitrogens with zero attached hydrogens (tertiary/aromatic N) is 12. The van der Waals surface area contributed by atoms with Crippen molar-refractivity contribution in [3.63, 3.8) is 0 Å². The van der Waals surface area contributed by atoms with Gasteiger partial charge in [-0.1, -0.05) is 41.5 Å². The van der Waals surface area contributed by atoms with E-state index < -0.39 is 0 Å². The molecule has 20 bridgehead atoms. The number of aromatic nitrogens is 16. The lowest BCUT2D eigenvalue weighted by atomic mass is 9.86. The molecule has 0 atom stereocenters. The molecule has 16 nitrogen and oxygen atoms in total. The van der Waals surface area contributed by atoms with E-state index in [2.05, 4.69) is 199 Å². The Kier molecular flexibility index (Phi) is 9.76. The SMILES string of the molecule is C[n+]1nn2cc1-c1ccc([nH]1)C(C)(C)c1ccc([nH]1)-c1cn(n[n+]1C)-c1cc(cc(C(C)(C)C)c1)-n1cc([n+](C)n1)-c1ccc([nH]1)C(C)(C)c1ccc([nH]1)-c1cn(n[n+]1C)-c1cc-2cc(C(C)(C)C)c1. The second-order valence-electron chi connectivity index (χ2n) is 22.3. The lowest BCUT2D eigenvalue weighted by Crippen LogP contribution is -2.33. The van der Waals surface area contributed by atoms with Gasteiger partial charge in [0.2, 0.25) is 22.8 Å². The summed E-state index contributed by atoms with van der Waals surface area (Å²) in [6, 6.07) is 30.5. The van der Waals surface area contributed by atoms with Crippen LogP contribution in [0.1, 0.15) is 103 Å². The first-order valence-electron chi connectivity index (χ1n) is 24.0. The van der Waals surface area contributed by atoms with Gasteiger partial charge in [-0.2, -0.15) is 0 Å². The van der Waals surface area contributed by atoms with Crippen LogP contribution in [0.5, 0.6) is 0 Å². The van der Waals surface area contributed by atoms with E-state index in [9.17, 15) is 0 Å². The van der Waals surface area contributed by atoms with Crippen molar-refractivity contribution in [3.05, 3.63) is 144 Å². The van der Waals surface area contributed by atoms with Crippen molar-refractivity contribution in [2.24, 2.45) is 28.2 Å². The molecule has 4 N–H and O–H groups in total. The monoisotopic (exact) mass is 937 g/mol. The molecule has 356 valence electrons. The van der Waals surface area contributed by atoms with Gasteiger partial charge in [-0.05, 0) is 122 Å². The van der Waals surface area contributed by atoms with Crippen LogP contribution < -0.4 is 18.7 Å². The molecule has 16 heteroatoms. The number of hydrogen-bond donors (Lipinski definition) is 4. The van der Waals surface area contributed by atoms with E-state index in [-0.39, 0.29) is 21.7 Å². The van der Waals surface area contributed by atoms with Crippen molar-refractivity contribution in [1.29, 1.82) is 0 Å². The Morgan fingerprint density at radius 2 is 0.600 bits per heavy atom. The van der Waals surface area contributed by atoms with Gasteiger partial charge in [0.05, 0.1) is 43.6 Å². The van der Waals surface area contributed by atoms with E-state index in [0.29, 0.717) is 0 Å². The van der Waals surface area contributed by atoms with Crippen molar-refractivity contribution >= 4 is 0 Å². The number of H-pyrrole nitrogens is 4. The fraction of sp³-hybridized carbons (Fsp3) is 0.333. The number of aromatic amines is 4. The van der Waals surface area contributed by atoms with Crippen LogP contribution in [-0.4, -0.2) is 59.5 Å². The van der Waals surface area contributed by atoms with Gasteiger partial charge in [0.15, 0.2) is 47.5 Å². The second kappa shape index (κ2) is 15.3. The van der Waals surface area contributed by atoms with Crippen LogP contribution in [-0.2, 0) is 49.9 Å². The highest BCUT2D eigenvalue weighted by atomic mass is 15.5. The Morgan fingerprint density at radius 1 is 0.371 bits per heavy atom. The highest BCUT2D eigenvalue weighted by Gasteiger charge is 2.33. The standard InChI is InChI=1S/C54H64N16/c1-51(2,3)33-23-35-27-36(24-33)68-30-44(64(12)60-68)40-16-20-48(56-40)54(9,10)50-22-18-42(58-50)46-32-70(62-66(46)14)38-26-34(52(4,5)6)25-37(28-38)69-31-45(65(13)61-69)41-17-21-49(57-41)53(7,8)47-19-15-39(55-47)43-29-67(35)59-63(43)11/h15-32,55-58H,1-14H3/q+4. The van der Waals surface area contributed by atoms with Gasteiger partial charge in [-0.25, -0.2) is 0 Å². The van der Waals surface area contributed by atoms with Crippen molar-refractivity contribution in [3.8, 4) is 68.3 Å². The smallest absolute Gasteiger partial charge is 0.214 e. The minimum atomic E-state index is -0.388. The first-order valence-corrected chi connectivity index (χ1v) is 24.0. The van der Waals surface area contributed by atoms with Crippen LogP contribution in [0.15, 0.2) is 110 Å². The molecule has 8 aromatic heterocycles. The van der Waals surface area contributed by atoms with Crippen LogP contribution in [0.4, 0.5) is 0 Å². The maximum Gasteiger partial charge on any atom is 0.214 e. The topological polar surface area (TPSA) is 150 Å². The third-order valence-corrected chi connectivity index (χ3v) is 14.4. The number of aryl methyl sites for hydroxylation is 4. The summed E-state index contributed by atoms with van der Waals surface area (Å²) in [7, 11) is 7.96. The van der Waals surface area contributed by atoms with E-state index in [0.717, 1.165) is 91.1 Å². The van der Waals surface area contributed by atoms with Crippen molar-refractivity contribution < 1.29 is 18.7 Å². The van der Waals surface area contributed by atoms with E-state index in [1.807, 2.05) is 65.6 Å². The molecule has 2 aromatic carbocycles. The summed E-state index contributed by atoms with van der Waals surface area (Å²) in [5.41, 5.74) is 17.1. The van der Waals surface area contributed by atoms with E-state index in [1.165, 1.54) is 11.1 Å². The Labute approximate surface area is 407 Å². The minimum Gasteiger partial charge on any atom is -0.354 e. The summed E-state index contributed by atoms with van der Waals surface area (Å²) in [6.45, 7) is 22.4. The molecule has 70 heavy (non-hydrogen) atoms. The fourth-order valence-electron chi connectivity index (χ4n) is 9.66. The quantitative estimate of drug-likeness (QED) is 0.118. The molecule has 11 rings (SSSR count). The number of benzene rings is 2. The predicted molar refractivity (Wildman–Crippen MR) is 267 cm³/mol. The van der Waals surface area contributed by atoms with Gasteiger partial charge in [-0.3, -0.25) is 0 Å². The summed E-state index contributed by atoms with van der Waals surface area (Å²) in [5.74, 6) is 0. The zero-order valence-electron chi connectivity index (χ0n) is 42.8. The fourth-order valence-corrected chi connectivity index (χ4v) is 9.66. The van der Waals surface area contributed by atoms with Gasteiger partial charge in [0.25, 0.3) is 0 Å². The Balaban J connectivity index is 1.06. The average molecular weight is 937 g/mol. The largest absolute Gasteiger partial charge is 0.354 e. The zero-order valence-corrected chi connectivity index (χ0v) is 42.8. The Morgan fingerprint density at radius 3 is 0.814 bits per heavy atom. The van der Waals surface area contributed by atoms with Crippen molar-refractivity contribution in [1.82, 2.24) is 59.5 Å². The summed E-state index contributed by atoms with van der Waals surface area (Å²) in [6.07, 6.45) is 8.38. The first-order chi connectivity index (χ1) is 33.0. The lowest BCUT2D eigenvalue weighted by Gasteiger charge is -2.22. The van der Waals surface area contributed by atoms with E-state index >= 15 is 0 Å². The van der Waals surface area contributed by atoms with Gasteiger partial charge in [-0.15, -0.1) is 37.5 Å². The summed E-state index contributed by atoms with van der Waals surface area (Å²) in [4.78, 5) is 15.1. The predicted octanol–water partition coefficient (Wildman–Crippen LogP) is 7.27. The van der Waals surface area contributed by atoms with Crippen molar-refractivity contribution in [2.45, 2.75) is 90.9 Å². The van der Waals surface area contributed by atoms with Crippen LogP contribution in [0.2, 0.25) is 0 Å². The summed E-state index contributed by atoms with van der Waals surface area (Å²) < 4.78 is 15.6. The zero-order chi connectivity index (χ0) is 49.4. The highest BCUT2D eigenvalue weighted by Crippen LogP contribution is 2.36. The molecule has 0 radical (unpaired) electrons. The van der Waals surface area contributed by atoms with Gasteiger partial charge < -0.3 is 19.9 Å². The maximum absolute atomic E-state index is 5.02. The second-order valence-corrected chi connectivity index (χ2v) is 22.3. The van der Waals surface area contributed by atoms with Crippen LogP contribution in [0.25, 0.3) is 68.3 Å². The molecule has 1 aliphatic rings. The Hall–Kier alpha value is -7.88. The molecule has 0 amide bonds. The molecule has 1 aliphatic heterocycles. The van der Waals surface area contributed by atoms with Gasteiger partial charge in [0, 0.05) is 45.7 Å². The minimum absolute atomic E-state index is 0.136. The third-order valence-electron chi connectivity index (χ3n) is 14.4. The number of nitrogens with one attached hydrogen (secondary N) is 4. The average Bonchev–Trinajstić information content (AvgIpc) is 4.15. The van der Waals surface area contributed by atoms with Crippen LogP contribution >= 0.6 is 0 Å². The normalized spacial score (nSPS) is 14.4. The van der Waals surface area contributed by atoms with Crippen LogP contribution in [0, 0.1) is 0 Å². The summed E-state index contributed by atoms with van der Waals surface area (Å²) in [5, 5.41) is 20.1. The molecule has 0 fully saturated rings. The molecule has 9 heterocycles. The lowest BCUT2D eigenvalue weighted by molar-refractivity contribution is -0.721.